The first-order valence-corrected chi connectivity index (χ1v) is 11.4. The molecule has 0 aliphatic rings. The van der Waals surface area contributed by atoms with E-state index in [-0.39, 0.29) is 23.9 Å². The van der Waals surface area contributed by atoms with Gasteiger partial charge in [0.05, 0.1) is 24.5 Å². The van der Waals surface area contributed by atoms with Gasteiger partial charge in [0.15, 0.2) is 17.8 Å². The molecule has 0 bridgehead atoms. The van der Waals surface area contributed by atoms with E-state index < -0.39 is 30.6 Å². The van der Waals surface area contributed by atoms with Crippen LogP contribution in [0.3, 0.4) is 0 Å². The SMILES string of the molecule is C[C@H](O)c1nc(Cn2cc(-c3ccc(Cl)cc3)n(CC(O)C(F)(F)F)c2=O)nn1-c1ccc(Cl)cc1. The summed E-state index contributed by atoms with van der Waals surface area (Å²) in [6.07, 6.45) is -7.31. The van der Waals surface area contributed by atoms with Gasteiger partial charge in [-0.2, -0.15) is 13.2 Å². The fraction of sp³-hybridized carbons (Fsp3) is 0.261. The van der Waals surface area contributed by atoms with Crippen molar-refractivity contribution in [2.24, 2.45) is 0 Å². The number of halogens is 5. The summed E-state index contributed by atoms with van der Waals surface area (Å²) >= 11 is 11.9. The quantitative estimate of drug-likeness (QED) is 0.365. The Morgan fingerprint density at radius 1 is 1.00 bits per heavy atom. The molecule has 0 aliphatic heterocycles. The van der Waals surface area contributed by atoms with E-state index in [4.69, 9.17) is 23.2 Å². The van der Waals surface area contributed by atoms with Crippen LogP contribution in [-0.4, -0.2) is 46.4 Å². The molecule has 13 heteroatoms. The number of rotatable bonds is 7. The van der Waals surface area contributed by atoms with Crippen LogP contribution < -0.4 is 5.69 Å². The van der Waals surface area contributed by atoms with Gasteiger partial charge < -0.3 is 10.2 Å². The van der Waals surface area contributed by atoms with Gasteiger partial charge in [0.1, 0.15) is 6.10 Å². The molecule has 2 N–H and O–H groups in total. The summed E-state index contributed by atoms with van der Waals surface area (Å²) in [6.45, 7) is 0.299. The smallest absolute Gasteiger partial charge is 0.385 e. The van der Waals surface area contributed by atoms with Gasteiger partial charge in [0, 0.05) is 16.2 Å². The van der Waals surface area contributed by atoms with E-state index in [1.54, 1.807) is 36.4 Å². The van der Waals surface area contributed by atoms with Crippen molar-refractivity contribution in [3.63, 3.8) is 0 Å². The van der Waals surface area contributed by atoms with Crippen LogP contribution in [0.15, 0.2) is 59.5 Å². The maximum atomic E-state index is 13.1. The summed E-state index contributed by atoms with van der Waals surface area (Å²) in [5.74, 6) is 0.337. The second kappa shape index (κ2) is 10.1. The minimum absolute atomic E-state index is 0.138. The number of benzene rings is 2. The van der Waals surface area contributed by atoms with Crippen LogP contribution >= 0.6 is 23.2 Å². The first-order chi connectivity index (χ1) is 16.9. The highest BCUT2D eigenvalue weighted by molar-refractivity contribution is 6.30. The number of aliphatic hydroxyl groups is 2. The van der Waals surface area contributed by atoms with Crippen LogP contribution in [0.4, 0.5) is 13.2 Å². The zero-order chi connectivity index (χ0) is 26.2. The molecule has 1 unspecified atom stereocenters. The van der Waals surface area contributed by atoms with Gasteiger partial charge in [0.2, 0.25) is 0 Å². The lowest BCUT2D eigenvalue weighted by molar-refractivity contribution is -0.207. The van der Waals surface area contributed by atoms with E-state index in [0.29, 0.717) is 21.3 Å². The lowest BCUT2D eigenvalue weighted by Gasteiger charge is -2.16. The molecule has 2 aromatic heterocycles. The number of hydrogen-bond donors (Lipinski definition) is 2. The third kappa shape index (κ3) is 5.49. The summed E-state index contributed by atoms with van der Waals surface area (Å²) in [7, 11) is 0. The zero-order valence-electron chi connectivity index (χ0n) is 18.7. The highest BCUT2D eigenvalue weighted by Crippen LogP contribution is 2.25. The highest BCUT2D eigenvalue weighted by Gasteiger charge is 2.39. The summed E-state index contributed by atoms with van der Waals surface area (Å²) in [4.78, 5) is 17.4. The Morgan fingerprint density at radius 2 is 1.58 bits per heavy atom. The minimum atomic E-state index is -4.91. The van der Waals surface area contributed by atoms with E-state index in [1.165, 1.54) is 29.9 Å². The van der Waals surface area contributed by atoms with Gasteiger partial charge in [-0.3, -0.25) is 9.13 Å². The molecule has 0 spiro atoms. The average molecular weight is 542 g/mol. The van der Waals surface area contributed by atoms with Gasteiger partial charge >= 0.3 is 11.9 Å². The minimum Gasteiger partial charge on any atom is -0.385 e. The van der Waals surface area contributed by atoms with Crippen molar-refractivity contribution in [1.29, 1.82) is 0 Å². The summed E-state index contributed by atoms with van der Waals surface area (Å²) in [5, 5.41) is 25.1. The Kier molecular flexibility index (Phi) is 7.28. The van der Waals surface area contributed by atoms with Crippen molar-refractivity contribution < 1.29 is 23.4 Å². The molecule has 190 valence electrons. The molecular weight excluding hydrogens is 522 g/mol. The number of aromatic nitrogens is 5. The topological polar surface area (TPSA) is 98.1 Å². The molecule has 36 heavy (non-hydrogen) atoms. The van der Waals surface area contributed by atoms with Gasteiger partial charge in [0.25, 0.3) is 0 Å². The van der Waals surface area contributed by atoms with E-state index in [9.17, 15) is 28.2 Å². The summed E-state index contributed by atoms with van der Waals surface area (Å²) < 4.78 is 42.6. The standard InChI is InChI=1S/C23H20Cl2F3N5O3/c1-13(34)21-29-20(30-33(21)17-8-6-16(25)7-9-17)12-31-10-18(14-2-4-15(24)5-3-14)32(22(31)36)11-19(35)23(26,27)28/h2-10,13,19,34-35H,11-12H2,1H3/t13-,19?/m0/s1. The monoisotopic (exact) mass is 541 g/mol. The number of alkyl halides is 3. The van der Waals surface area contributed by atoms with E-state index in [0.717, 1.165) is 9.13 Å². The first kappa shape index (κ1) is 26.0. The second-order valence-electron chi connectivity index (χ2n) is 8.05. The third-order valence-corrected chi connectivity index (χ3v) is 5.86. The van der Waals surface area contributed by atoms with Crippen LogP contribution in [0, 0.1) is 0 Å². The van der Waals surface area contributed by atoms with Gasteiger partial charge in [-0.25, -0.2) is 14.5 Å². The van der Waals surface area contributed by atoms with Crippen molar-refractivity contribution in [3.05, 3.63) is 86.9 Å². The van der Waals surface area contributed by atoms with Gasteiger partial charge in [-0.05, 0) is 48.9 Å². The van der Waals surface area contributed by atoms with E-state index in [2.05, 4.69) is 10.1 Å². The normalized spacial score (nSPS) is 13.7. The molecule has 4 aromatic rings. The summed E-state index contributed by atoms with van der Waals surface area (Å²) in [5.41, 5.74) is 0.334. The largest absolute Gasteiger partial charge is 0.416 e. The maximum Gasteiger partial charge on any atom is 0.416 e. The molecule has 8 nitrogen and oxygen atoms in total. The van der Waals surface area contributed by atoms with Crippen molar-refractivity contribution in [2.75, 3.05) is 0 Å². The molecule has 4 rings (SSSR count). The average Bonchev–Trinajstić information content (AvgIpc) is 3.37. The predicted octanol–water partition coefficient (Wildman–Crippen LogP) is 4.23. The highest BCUT2D eigenvalue weighted by atomic mass is 35.5. The summed E-state index contributed by atoms with van der Waals surface area (Å²) in [6, 6.07) is 12.8. The molecule has 0 aliphatic carbocycles. The van der Waals surface area contributed by atoms with Crippen molar-refractivity contribution >= 4 is 23.2 Å². The van der Waals surface area contributed by atoms with E-state index >= 15 is 0 Å². The Bertz CT molecular complexity index is 1410. The molecule has 0 amide bonds. The number of imidazole rings is 1. The lowest BCUT2D eigenvalue weighted by atomic mass is 10.1. The van der Waals surface area contributed by atoms with Crippen molar-refractivity contribution in [3.8, 4) is 16.9 Å². The number of aliphatic hydroxyl groups excluding tert-OH is 2. The van der Waals surface area contributed by atoms with Crippen LogP contribution in [-0.2, 0) is 13.1 Å². The Balaban J connectivity index is 1.76. The Morgan fingerprint density at radius 3 is 2.14 bits per heavy atom. The molecule has 2 aromatic carbocycles. The van der Waals surface area contributed by atoms with Gasteiger partial charge in [-0.1, -0.05) is 35.3 Å². The molecule has 0 saturated carbocycles. The first-order valence-electron chi connectivity index (χ1n) is 10.6. The molecule has 0 radical (unpaired) electrons. The number of nitrogens with zero attached hydrogens (tertiary/aromatic N) is 5. The van der Waals surface area contributed by atoms with Crippen LogP contribution in [0.2, 0.25) is 10.0 Å². The maximum absolute atomic E-state index is 13.1. The van der Waals surface area contributed by atoms with Crippen LogP contribution in [0.1, 0.15) is 24.7 Å². The lowest BCUT2D eigenvalue weighted by Crippen LogP contribution is -2.37. The molecule has 0 saturated heterocycles. The van der Waals surface area contributed by atoms with Crippen LogP contribution in [0.5, 0.6) is 0 Å². The fourth-order valence-electron chi connectivity index (χ4n) is 3.58. The molecule has 0 fully saturated rings. The molecule has 2 heterocycles. The predicted molar refractivity (Wildman–Crippen MR) is 127 cm³/mol. The van der Waals surface area contributed by atoms with Crippen molar-refractivity contribution in [2.45, 2.75) is 38.4 Å². The number of hydrogen-bond acceptors (Lipinski definition) is 5. The molecular formula is C23H20Cl2F3N5O3. The Hall–Kier alpha value is -3.12. The molecule has 2 atom stereocenters. The third-order valence-electron chi connectivity index (χ3n) is 5.35. The zero-order valence-corrected chi connectivity index (χ0v) is 20.2. The van der Waals surface area contributed by atoms with E-state index in [1.807, 2.05) is 0 Å². The van der Waals surface area contributed by atoms with Crippen LogP contribution in [0.25, 0.3) is 16.9 Å². The van der Waals surface area contributed by atoms with Crippen molar-refractivity contribution in [1.82, 2.24) is 23.9 Å². The fourth-order valence-corrected chi connectivity index (χ4v) is 3.83. The second-order valence-corrected chi connectivity index (χ2v) is 8.92. The Labute approximate surface area is 212 Å². The van der Waals surface area contributed by atoms with Gasteiger partial charge in [-0.15, -0.1) is 5.10 Å².